The highest BCUT2D eigenvalue weighted by Gasteiger charge is 2.27. The van der Waals surface area contributed by atoms with Crippen LogP contribution < -0.4 is 0 Å². The van der Waals surface area contributed by atoms with Crippen molar-refractivity contribution in [3.05, 3.63) is 44.9 Å². The number of furan rings is 1. The van der Waals surface area contributed by atoms with Crippen molar-refractivity contribution in [2.75, 3.05) is 7.11 Å². The first kappa shape index (κ1) is 14.7. The van der Waals surface area contributed by atoms with Crippen molar-refractivity contribution in [3.63, 3.8) is 0 Å². The molecule has 6 nitrogen and oxygen atoms in total. The Morgan fingerprint density at radius 2 is 2.23 bits per heavy atom. The van der Waals surface area contributed by atoms with Crippen molar-refractivity contribution in [3.8, 4) is 0 Å². The first-order valence-electron chi connectivity index (χ1n) is 6.60. The third kappa shape index (κ3) is 2.86. The van der Waals surface area contributed by atoms with Gasteiger partial charge in [0.05, 0.1) is 17.9 Å². The molecule has 0 aliphatic carbocycles. The molecule has 0 spiro atoms. The number of carbonyl (C=O) groups is 1. The van der Waals surface area contributed by atoms with E-state index >= 15 is 0 Å². The number of hydrogen-bond donors (Lipinski definition) is 0. The first-order chi connectivity index (χ1) is 10.6. The van der Waals surface area contributed by atoms with Crippen LogP contribution in [0.4, 0.5) is 0 Å². The van der Waals surface area contributed by atoms with Crippen molar-refractivity contribution in [2.45, 2.75) is 20.5 Å². The molecule has 0 saturated heterocycles. The van der Waals surface area contributed by atoms with Crippen molar-refractivity contribution in [2.24, 2.45) is 4.99 Å². The van der Waals surface area contributed by atoms with Gasteiger partial charge in [-0.15, -0.1) is 11.3 Å². The standard InChI is InChI=1S/C15H14N2O4S/c1-8-4-11(9(2)20-8)14-17-12(15(18)21-14)5-10-7-22-13(16-10)6-19-3/h4-5,7H,6H2,1-3H3. The minimum Gasteiger partial charge on any atom is -0.466 e. The molecule has 3 rings (SSSR count). The molecule has 2 aromatic rings. The van der Waals surface area contributed by atoms with Crippen LogP contribution in [0.3, 0.4) is 0 Å². The third-order valence-corrected chi connectivity index (χ3v) is 3.85. The van der Waals surface area contributed by atoms with Gasteiger partial charge in [0.1, 0.15) is 16.5 Å². The van der Waals surface area contributed by atoms with Crippen molar-refractivity contribution < 1.29 is 18.7 Å². The number of hydrogen-bond acceptors (Lipinski definition) is 7. The second-order valence-corrected chi connectivity index (χ2v) is 5.70. The maximum absolute atomic E-state index is 11.9. The van der Waals surface area contributed by atoms with E-state index in [0.717, 1.165) is 10.8 Å². The fourth-order valence-corrected chi connectivity index (χ4v) is 2.81. The molecule has 0 unspecified atom stereocenters. The molecule has 0 radical (unpaired) electrons. The number of aliphatic imine (C=N–C) groups is 1. The number of nitrogens with zero attached hydrogens (tertiary/aromatic N) is 2. The van der Waals surface area contributed by atoms with Gasteiger partial charge in [0.25, 0.3) is 0 Å². The Labute approximate surface area is 131 Å². The molecule has 0 aromatic carbocycles. The Hall–Kier alpha value is -2.25. The average molecular weight is 318 g/mol. The molecular formula is C15H14N2O4S. The van der Waals surface area contributed by atoms with Crippen LogP contribution in [0.1, 0.15) is 27.8 Å². The summed E-state index contributed by atoms with van der Waals surface area (Å²) in [6.07, 6.45) is 1.60. The zero-order chi connectivity index (χ0) is 15.7. The smallest absolute Gasteiger partial charge is 0.363 e. The number of cyclic esters (lactones) is 1. The van der Waals surface area contributed by atoms with E-state index in [4.69, 9.17) is 13.9 Å². The highest BCUT2D eigenvalue weighted by Crippen LogP contribution is 2.23. The van der Waals surface area contributed by atoms with Gasteiger partial charge in [-0.2, -0.15) is 0 Å². The van der Waals surface area contributed by atoms with Crippen LogP contribution in [0.5, 0.6) is 0 Å². The van der Waals surface area contributed by atoms with Crippen LogP contribution in [0.25, 0.3) is 6.08 Å². The lowest BCUT2D eigenvalue weighted by Crippen LogP contribution is -2.05. The molecule has 1 aliphatic heterocycles. The summed E-state index contributed by atoms with van der Waals surface area (Å²) in [5.41, 5.74) is 1.57. The zero-order valence-corrected chi connectivity index (χ0v) is 13.2. The second-order valence-electron chi connectivity index (χ2n) is 4.76. The summed E-state index contributed by atoms with van der Waals surface area (Å²) in [5.74, 6) is 1.18. The van der Waals surface area contributed by atoms with Gasteiger partial charge in [-0.1, -0.05) is 0 Å². The third-order valence-electron chi connectivity index (χ3n) is 3.01. The largest absolute Gasteiger partial charge is 0.466 e. The zero-order valence-electron chi connectivity index (χ0n) is 12.4. The number of aromatic nitrogens is 1. The minimum atomic E-state index is -0.491. The molecule has 0 bridgehead atoms. The summed E-state index contributed by atoms with van der Waals surface area (Å²) in [6.45, 7) is 4.08. The fraction of sp³-hybridized carbons (Fsp3) is 0.267. The predicted octanol–water partition coefficient (Wildman–Crippen LogP) is 2.84. The van der Waals surface area contributed by atoms with Gasteiger partial charge < -0.3 is 13.9 Å². The summed E-state index contributed by atoms with van der Waals surface area (Å²) in [5, 5.41) is 2.68. The Balaban J connectivity index is 1.88. The molecule has 0 N–H and O–H groups in total. The molecule has 3 heterocycles. The molecule has 0 fully saturated rings. The SMILES string of the molecule is COCc1nc(C=C2N=C(c3cc(C)oc3C)OC2=O)cs1. The lowest BCUT2D eigenvalue weighted by Gasteiger charge is -1.95. The van der Waals surface area contributed by atoms with Crippen LogP contribution in [-0.4, -0.2) is 24.0 Å². The van der Waals surface area contributed by atoms with Crippen LogP contribution in [0.2, 0.25) is 0 Å². The number of esters is 1. The van der Waals surface area contributed by atoms with Gasteiger partial charge in [-0.3, -0.25) is 0 Å². The molecule has 114 valence electrons. The predicted molar refractivity (Wildman–Crippen MR) is 81.6 cm³/mol. The number of carbonyl (C=O) groups excluding carboxylic acids is 1. The van der Waals surface area contributed by atoms with Crippen molar-refractivity contribution in [1.29, 1.82) is 0 Å². The molecule has 0 saturated carbocycles. The van der Waals surface area contributed by atoms with Gasteiger partial charge in [0, 0.05) is 12.5 Å². The summed E-state index contributed by atoms with van der Waals surface area (Å²) < 4.78 is 15.7. The lowest BCUT2D eigenvalue weighted by molar-refractivity contribution is -0.129. The Morgan fingerprint density at radius 1 is 1.41 bits per heavy atom. The molecular weight excluding hydrogens is 304 g/mol. The molecule has 7 heteroatoms. The number of aryl methyl sites for hydroxylation is 2. The van der Waals surface area contributed by atoms with E-state index < -0.39 is 5.97 Å². The van der Waals surface area contributed by atoms with Gasteiger partial charge in [-0.25, -0.2) is 14.8 Å². The topological polar surface area (TPSA) is 73.9 Å². The van der Waals surface area contributed by atoms with Crippen LogP contribution in [0.15, 0.2) is 26.6 Å². The van der Waals surface area contributed by atoms with Crippen LogP contribution in [-0.2, 0) is 20.9 Å². The van der Waals surface area contributed by atoms with E-state index in [0.29, 0.717) is 23.6 Å². The van der Waals surface area contributed by atoms with Gasteiger partial charge in [0.2, 0.25) is 5.90 Å². The van der Waals surface area contributed by atoms with Crippen molar-refractivity contribution >= 4 is 29.3 Å². The Bertz CT molecular complexity index is 785. The summed E-state index contributed by atoms with van der Waals surface area (Å²) >= 11 is 1.47. The quantitative estimate of drug-likeness (QED) is 0.640. The maximum Gasteiger partial charge on any atom is 0.363 e. The van der Waals surface area contributed by atoms with E-state index in [1.807, 2.05) is 12.3 Å². The molecule has 1 aliphatic rings. The van der Waals surface area contributed by atoms with Gasteiger partial charge in [-0.05, 0) is 26.0 Å². The number of ether oxygens (including phenoxy) is 2. The maximum atomic E-state index is 11.9. The van der Waals surface area contributed by atoms with E-state index in [1.165, 1.54) is 11.3 Å². The van der Waals surface area contributed by atoms with E-state index in [2.05, 4.69) is 9.98 Å². The normalized spacial score (nSPS) is 16.2. The van der Waals surface area contributed by atoms with Crippen LogP contribution in [0, 0.1) is 13.8 Å². The number of thiazole rings is 1. The van der Waals surface area contributed by atoms with Crippen LogP contribution >= 0.6 is 11.3 Å². The number of methoxy groups -OCH3 is 1. The summed E-state index contributed by atoms with van der Waals surface area (Å²) in [4.78, 5) is 20.5. The van der Waals surface area contributed by atoms with E-state index in [1.54, 1.807) is 26.2 Å². The second kappa shape index (κ2) is 5.86. The molecule has 2 aromatic heterocycles. The van der Waals surface area contributed by atoms with Gasteiger partial charge >= 0.3 is 5.97 Å². The lowest BCUT2D eigenvalue weighted by atomic mass is 10.2. The average Bonchev–Trinajstić information content (AvgIpc) is 3.12. The Morgan fingerprint density at radius 3 is 2.91 bits per heavy atom. The molecule has 22 heavy (non-hydrogen) atoms. The summed E-state index contributed by atoms with van der Waals surface area (Å²) in [7, 11) is 1.61. The molecule has 0 atom stereocenters. The van der Waals surface area contributed by atoms with Crippen molar-refractivity contribution in [1.82, 2.24) is 4.98 Å². The molecule has 0 amide bonds. The van der Waals surface area contributed by atoms with E-state index in [-0.39, 0.29) is 11.6 Å². The minimum absolute atomic E-state index is 0.225. The monoisotopic (exact) mass is 318 g/mol. The Kier molecular flexibility index (Phi) is 3.91. The first-order valence-corrected chi connectivity index (χ1v) is 7.48. The van der Waals surface area contributed by atoms with E-state index in [9.17, 15) is 4.79 Å². The fourth-order valence-electron chi connectivity index (χ4n) is 2.09. The highest BCUT2D eigenvalue weighted by atomic mass is 32.1. The number of rotatable bonds is 4. The summed E-state index contributed by atoms with van der Waals surface area (Å²) in [6, 6.07) is 1.80. The van der Waals surface area contributed by atoms with Gasteiger partial charge in [0.15, 0.2) is 5.70 Å². The highest BCUT2D eigenvalue weighted by molar-refractivity contribution is 7.09.